The molecule has 0 saturated heterocycles. The molecular formula is C10H15N3O4S. The largest absolute Gasteiger partial charge is 0.469 e. The number of methoxy groups -OCH3 is 1. The maximum absolute atomic E-state index is 11.6. The smallest absolute Gasteiger partial charge is 0.305 e. The van der Waals surface area contributed by atoms with E-state index in [-0.39, 0.29) is 25.1 Å². The summed E-state index contributed by atoms with van der Waals surface area (Å²) in [6.07, 6.45) is 1.82. The van der Waals surface area contributed by atoms with Crippen molar-refractivity contribution < 1.29 is 17.9 Å². The van der Waals surface area contributed by atoms with Crippen LogP contribution in [-0.4, -0.2) is 37.4 Å². The van der Waals surface area contributed by atoms with Crippen molar-refractivity contribution in [3.8, 4) is 0 Å². The van der Waals surface area contributed by atoms with Gasteiger partial charge in [0, 0.05) is 12.6 Å². The Hall–Kier alpha value is -1.54. The summed E-state index contributed by atoms with van der Waals surface area (Å²) < 4.78 is 29.9. The van der Waals surface area contributed by atoms with E-state index in [2.05, 4.69) is 19.7 Å². The van der Waals surface area contributed by atoms with Crippen molar-refractivity contribution in [3.05, 3.63) is 24.0 Å². The SMILES string of the molecule is COC(=O)CCCS(=O)(=O)NCc1cccnn1. The first kappa shape index (κ1) is 14.5. The maximum Gasteiger partial charge on any atom is 0.305 e. The average molecular weight is 273 g/mol. The Balaban J connectivity index is 2.34. The first-order valence-electron chi connectivity index (χ1n) is 5.34. The molecule has 0 aliphatic carbocycles. The number of aromatic nitrogens is 2. The van der Waals surface area contributed by atoms with Gasteiger partial charge in [0.25, 0.3) is 0 Å². The fourth-order valence-corrected chi connectivity index (χ4v) is 2.23. The predicted molar refractivity (Wildman–Crippen MR) is 63.9 cm³/mol. The van der Waals surface area contributed by atoms with Crippen LogP contribution in [0.2, 0.25) is 0 Å². The van der Waals surface area contributed by atoms with Gasteiger partial charge in [0.05, 0.1) is 25.1 Å². The summed E-state index contributed by atoms with van der Waals surface area (Å²) in [4.78, 5) is 10.8. The van der Waals surface area contributed by atoms with E-state index in [0.29, 0.717) is 5.69 Å². The summed E-state index contributed by atoms with van der Waals surface area (Å²) in [5.41, 5.74) is 0.536. The normalized spacial score (nSPS) is 11.2. The van der Waals surface area contributed by atoms with Gasteiger partial charge < -0.3 is 4.74 Å². The van der Waals surface area contributed by atoms with Crippen LogP contribution < -0.4 is 4.72 Å². The fourth-order valence-electron chi connectivity index (χ4n) is 1.19. The van der Waals surface area contributed by atoms with E-state index in [0.717, 1.165) is 0 Å². The molecule has 7 nitrogen and oxygen atoms in total. The number of sulfonamides is 1. The number of rotatable bonds is 7. The lowest BCUT2D eigenvalue weighted by molar-refractivity contribution is -0.140. The Kier molecular flexibility index (Phi) is 5.66. The molecule has 0 atom stereocenters. The molecule has 1 aromatic heterocycles. The highest BCUT2D eigenvalue weighted by Crippen LogP contribution is 1.98. The van der Waals surface area contributed by atoms with Gasteiger partial charge in [0.15, 0.2) is 0 Å². The summed E-state index contributed by atoms with van der Waals surface area (Å²) in [6, 6.07) is 3.35. The van der Waals surface area contributed by atoms with Crippen molar-refractivity contribution in [2.24, 2.45) is 0 Å². The van der Waals surface area contributed by atoms with Crippen molar-refractivity contribution in [2.75, 3.05) is 12.9 Å². The molecule has 1 N–H and O–H groups in total. The van der Waals surface area contributed by atoms with Crippen LogP contribution in [0.25, 0.3) is 0 Å². The Morgan fingerprint density at radius 1 is 1.50 bits per heavy atom. The zero-order valence-electron chi connectivity index (χ0n) is 10.00. The van der Waals surface area contributed by atoms with Gasteiger partial charge in [-0.25, -0.2) is 13.1 Å². The van der Waals surface area contributed by atoms with E-state index in [1.54, 1.807) is 12.1 Å². The van der Waals surface area contributed by atoms with Gasteiger partial charge in [0.1, 0.15) is 0 Å². The number of ether oxygens (including phenoxy) is 1. The number of hydrogen-bond donors (Lipinski definition) is 1. The monoisotopic (exact) mass is 273 g/mol. The van der Waals surface area contributed by atoms with Crippen LogP contribution in [0.4, 0.5) is 0 Å². The molecule has 1 aromatic rings. The molecule has 8 heteroatoms. The van der Waals surface area contributed by atoms with Crippen molar-refractivity contribution >= 4 is 16.0 Å². The van der Waals surface area contributed by atoms with Gasteiger partial charge in [-0.1, -0.05) is 0 Å². The van der Waals surface area contributed by atoms with E-state index in [1.807, 2.05) is 0 Å². The van der Waals surface area contributed by atoms with E-state index >= 15 is 0 Å². The maximum atomic E-state index is 11.6. The number of carbonyl (C=O) groups excluding carboxylic acids is 1. The van der Waals surface area contributed by atoms with Crippen LogP contribution >= 0.6 is 0 Å². The second kappa shape index (κ2) is 7.02. The van der Waals surface area contributed by atoms with Crippen LogP contribution in [0.15, 0.2) is 18.3 Å². The molecule has 100 valence electrons. The van der Waals surface area contributed by atoms with Crippen LogP contribution in [-0.2, 0) is 26.1 Å². The zero-order valence-corrected chi connectivity index (χ0v) is 10.8. The van der Waals surface area contributed by atoms with Gasteiger partial charge in [-0.2, -0.15) is 10.2 Å². The summed E-state index contributed by atoms with van der Waals surface area (Å²) >= 11 is 0. The van der Waals surface area contributed by atoms with Gasteiger partial charge in [-0.15, -0.1) is 0 Å². The van der Waals surface area contributed by atoms with Crippen molar-refractivity contribution in [1.29, 1.82) is 0 Å². The summed E-state index contributed by atoms with van der Waals surface area (Å²) in [5, 5.41) is 7.39. The Morgan fingerprint density at radius 2 is 2.28 bits per heavy atom. The Morgan fingerprint density at radius 3 is 2.89 bits per heavy atom. The quantitative estimate of drug-likeness (QED) is 0.694. The minimum Gasteiger partial charge on any atom is -0.469 e. The van der Waals surface area contributed by atoms with E-state index in [1.165, 1.54) is 13.3 Å². The lowest BCUT2D eigenvalue weighted by Gasteiger charge is -2.05. The molecule has 0 aliphatic heterocycles. The van der Waals surface area contributed by atoms with Gasteiger partial charge >= 0.3 is 5.97 Å². The molecule has 0 aliphatic rings. The molecule has 0 unspecified atom stereocenters. The molecule has 1 heterocycles. The third kappa shape index (κ3) is 5.69. The summed E-state index contributed by atoms with van der Waals surface area (Å²) in [6.45, 7) is 0.0917. The van der Waals surface area contributed by atoms with Crippen molar-refractivity contribution in [3.63, 3.8) is 0 Å². The second-order valence-corrected chi connectivity index (χ2v) is 5.46. The molecule has 18 heavy (non-hydrogen) atoms. The van der Waals surface area contributed by atoms with E-state index in [4.69, 9.17) is 0 Å². The topological polar surface area (TPSA) is 98.2 Å². The summed E-state index contributed by atoms with van der Waals surface area (Å²) in [7, 11) is -2.14. The number of esters is 1. The highest BCUT2D eigenvalue weighted by atomic mass is 32.2. The minimum atomic E-state index is -3.41. The third-order valence-electron chi connectivity index (χ3n) is 2.12. The Bertz CT molecular complexity index is 475. The van der Waals surface area contributed by atoms with Crippen molar-refractivity contribution in [2.45, 2.75) is 19.4 Å². The number of nitrogens with zero attached hydrogens (tertiary/aromatic N) is 2. The minimum absolute atomic E-state index is 0.0859. The molecule has 0 spiro atoms. The first-order valence-corrected chi connectivity index (χ1v) is 6.99. The highest BCUT2D eigenvalue weighted by Gasteiger charge is 2.11. The fraction of sp³-hybridized carbons (Fsp3) is 0.500. The number of hydrogen-bond acceptors (Lipinski definition) is 6. The second-order valence-electron chi connectivity index (χ2n) is 3.53. The van der Waals surface area contributed by atoms with Gasteiger partial charge in [-0.3, -0.25) is 4.79 Å². The van der Waals surface area contributed by atoms with E-state index < -0.39 is 16.0 Å². The lowest BCUT2D eigenvalue weighted by atomic mass is 10.3. The summed E-state index contributed by atoms with van der Waals surface area (Å²) in [5.74, 6) is -0.540. The molecule has 0 bridgehead atoms. The number of nitrogens with one attached hydrogen (secondary N) is 1. The predicted octanol–water partition coefficient (Wildman–Crippen LogP) is -0.151. The first-order chi connectivity index (χ1) is 8.53. The Labute approximate surface area is 106 Å². The van der Waals surface area contributed by atoms with Crippen LogP contribution in [0.1, 0.15) is 18.5 Å². The van der Waals surface area contributed by atoms with Crippen LogP contribution in [0.5, 0.6) is 0 Å². The van der Waals surface area contributed by atoms with Gasteiger partial charge in [-0.05, 0) is 18.6 Å². The average Bonchev–Trinajstić information content (AvgIpc) is 2.37. The standard InChI is InChI=1S/C10H15N3O4S/c1-17-10(14)5-3-7-18(15,16)12-8-9-4-2-6-11-13-9/h2,4,6,12H,3,5,7-8H2,1H3. The molecule has 0 radical (unpaired) electrons. The third-order valence-corrected chi connectivity index (χ3v) is 3.53. The molecule has 0 saturated carbocycles. The van der Waals surface area contributed by atoms with Crippen molar-refractivity contribution in [1.82, 2.24) is 14.9 Å². The zero-order chi connectivity index (χ0) is 13.4. The van der Waals surface area contributed by atoms with Crippen LogP contribution in [0.3, 0.4) is 0 Å². The van der Waals surface area contributed by atoms with E-state index in [9.17, 15) is 13.2 Å². The molecular weight excluding hydrogens is 258 g/mol. The van der Waals surface area contributed by atoms with Gasteiger partial charge in [0.2, 0.25) is 10.0 Å². The number of carbonyl (C=O) groups is 1. The lowest BCUT2D eigenvalue weighted by Crippen LogP contribution is -2.26. The van der Waals surface area contributed by atoms with Crippen LogP contribution in [0, 0.1) is 0 Å². The highest BCUT2D eigenvalue weighted by molar-refractivity contribution is 7.89. The molecule has 0 fully saturated rings. The molecule has 0 aromatic carbocycles. The molecule has 0 amide bonds. The molecule has 1 rings (SSSR count).